The average Bonchev–Trinajstić information content (AvgIpc) is 2.66. The number of piperazine rings is 1. The molecule has 0 aliphatic carbocycles. The number of carbonyl (C=O) groups is 2. The molecule has 2 aliphatic heterocycles. The number of carbonyl (C=O) groups excluding carboxylic acids is 2. The molecule has 20 heavy (non-hydrogen) atoms. The Hall–Kier alpha value is -1.88. The Bertz CT molecular complexity index is 584. The topological polar surface area (TPSA) is 43.9 Å². The quantitative estimate of drug-likeness (QED) is 0.716. The molecule has 5 nitrogen and oxygen atoms in total. The molecule has 1 amide bonds. The van der Waals surface area contributed by atoms with Gasteiger partial charge in [-0.25, -0.2) is 0 Å². The van der Waals surface area contributed by atoms with Crippen molar-refractivity contribution in [1.82, 2.24) is 4.90 Å². The zero-order chi connectivity index (χ0) is 14.4. The lowest BCUT2D eigenvalue weighted by Crippen LogP contribution is -2.50. The first-order valence-corrected chi connectivity index (χ1v) is 6.90. The van der Waals surface area contributed by atoms with E-state index in [0.29, 0.717) is 11.6 Å². The molecular formula is C15H19N3O2. The lowest BCUT2D eigenvalue weighted by Gasteiger charge is -2.39. The second-order valence-electron chi connectivity index (χ2n) is 5.67. The van der Waals surface area contributed by atoms with Crippen molar-refractivity contribution >= 4 is 23.1 Å². The van der Waals surface area contributed by atoms with Gasteiger partial charge in [-0.1, -0.05) is 0 Å². The van der Waals surface area contributed by atoms with Crippen molar-refractivity contribution < 1.29 is 9.59 Å². The van der Waals surface area contributed by atoms with E-state index in [-0.39, 0.29) is 0 Å². The lowest BCUT2D eigenvalue weighted by atomic mass is 10.1. The molecule has 1 unspecified atom stereocenters. The smallest absolute Gasteiger partial charge is 0.299 e. The molecule has 1 aromatic rings. The minimum Gasteiger partial charge on any atom is -0.369 e. The molecule has 0 aromatic heterocycles. The fraction of sp³-hybridized carbons (Fsp3) is 0.467. The highest BCUT2D eigenvalue weighted by Crippen LogP contribution is 2.32. The summed E-state index contributed by atoms with van der Waals surface area (Å²) in [5, 5.41) is 0. The van der Waals surface area contributed by atoms with Gasteiger partial charge < -0.3 is 14.7 Å². The number of ketones is 1. The van der Waals surface area contributed by atoms with E-state index in [4.69, 9.17) is 0 Å². The highest BCUT2D eigenvalue weighted by Gasteiger charge is 2.34. The molecule has 2 heterocycles. The van der Waals surface area contributed by atoms with Crippen LogP contribution in [-0.4, -0.2) is 56.4 Å². The van der Waals surface area contributed by atoms with E-state index in [0.717, 1.165) is 31.0 Å². The van der Waals surface area contributed by atoms with Gasteiger partial charge in [-0.15, -0.1) is 0 Å². The first-order chi connectivity index (χ1) is 9.49. The number of hydrogen-bond donors (Lipinski definition) is 0. The number of fused-ring (bicyclic) bond motifs is 1. The SMILES string of the molecule is CC1CN(c2ccc3c(c2)N(C)C(=O)C3=O)CCN1C. The summed E-state index contributed by atoms with van der Waals surface area (Å²) in [6.45, 7) is 5.15. The van der Waals surface area contributed by atoms with Gasteiger partial charge in [0.2, 0.25) is 0 Å². The summed E-state index contributed by atoms with van der Waals surface area (Å²) in [6, 6.07) is 6.17. The van der Waals surface area contributed by atoms with E-state index in [9.17, 15) is 9.59 Å². The van der Waals surface area contributed by atoms with Crippen molar-refractivity contribution in [1.29, 1.82) is 0 Å². The first-order valence-electron chi connectivity index (χ1n) is 6.90. The van der Waals surface area contributed by atoms with Crippen LogP contribution in [0.15, 0.2) is 18.2 Å². The van der Waals surface area contributed by atoms with E-state index in [1.807, 2.05) is 12.1 Å². The maximum Gasteiger partial charge on any atom is 0.299 e. The van der Waals surface area contributed by atoms with Crippen LogP contribution in [0.1, 0.15) is 17.3 Å². The van der Waals surface area contributed by atoms with Crippen molar-refractivity contribution in [2.75, 3.05) is 43.5 Å². The molecule has 106 valence electrons. The lowest BCUT2D eigenvalue weighted by molar-refractivity contribution is -0.114. The van der Waals surface area contributed by atoms with Gasteiger partial charge in [-0.3, -0.25) is 9.59 Å². The average molecular weight is 273 g/mol. The van der Waals surface area contributed by atoms with Crippen LogP contribution in [0.3, 0.4) is 0 Å². The summed E-state index contributed by atoms with van der Waals surface area (Å²) < 4.78 is 0. The summed E-state index contributed by atoms with van der Waals surface area (Å²) in [5.74, 6) is -0.843. The predicted molar refractivity (Wildman–Crippen MR) is 78.5 cm³/mol. The Kier molecular flexibility index (Phi) is 3.01. The van der Waals surface area contributed by atoms with Crippen LogP contribution in [0.2, 0.25) is 0 Å². The summed E-state index contributed by atoms with van der Waals surface area (Å²) in [4.78, 5) is 29.6. The van der Waals surface area contributed by atoms with Gasteiger partial charge in [0.15, 0.2) is 0 Å². The molecule has 0 bridgehead atoms. The molecule has 0 spiro atoms. The van der Waals surface area contributed by atoms with Crippen LogP contribution in [-0.2, 0) is 4.79 Å². The molecule has 0 N–H and O–H groups in total. The number of hydrogen-bond acceptors (Lipinski definition) is 4. The molecule has 0 radical (unpaired) electrons. The molecule has 0 saturated carbocycles. The van der Waals surface area contributed by atoms with E-state index < -0.39 is 11.7 Å². The molecule has 1 aromatic carbocycles. The predicted octanol–water partition coefficient (Wildman–Crippen LogP) is 0.986. The molecule has 3 rings (SSSR count). The number of benzene rings is 1. The van der Waals surface area contributed by atoms with E-state index >= 15 is 0 Å². The Morgan fingerprint density at radius 1 is 1.15 bits per heavy atom. The fourth-order valence-electron chi connectivity index (χ4n) is 2.85. The number of nitrogens with zero attached hydrogens (tertiary/aromatic N) is 3. The van der Waals surface area contributed by atoms with E-state index in [1.54, 1.807) is 13.1 Å². The van der Waals surface area contributed by atoms with Gasteiger partial charge in [0.05, 0.1) is 11.3 Å². The third kappa shape index (κ3) is 1.89. The highest BCUT2D eigenvalue weighted by atomic mass is 16.2. The minimum absolute atomic E-state index is 0.402. The van der Waals surface area contributed by atoms with Gasteiger partial charge in [0.25, 0.3) is 11.7 Å². The number of rotatable bonds is 1. The Labute approximate surface area is 118 Å². The van der Waals surface area contributed by atoms with Crippen LogP contribution >= 0.6 is 0 Å². The van der Waals surface area contributed by atoms with Crippen molar-refractivity contribution in [2.45, 2.75) is 13.0 Å². The van der Waals surface area contributed by atoms with Crippen LogP contribution in [0.4, 0.5) is 11.4 Å². The van der Waals surface area contributed by atoms with Gasteiger partial charge in [-0.05, 0) is 32.2 Å². The van der Waals surface area contributed by atoms with Gasteiger partial charge in [0, 0.05) is 38.4 Å². The highest BCUT2D eigenvalue weighted by molar-refractivity contribution is 6.52. The Morgan fingerprint density at radius 3 is 2.60 bits per heavy atom. The van der Waals surface area contributed by atoms with Crippen LogP contribution < -0.4 is 9.80 Å². The van der Waals surface area contributed by atoms with Gasteiger partial charge in [-0.2, -0.15) is 0 Å². The molecule has 1 atom stereocenters. The largest absolute Gasteiger partial charge is 0.369 e. The molecule has 1 fully saturated rings. The van der Waals surface area contributed by atoms with Crippen molar-refractivity contribution in [3.05, 3.63) is 23.8 Å². The van der Waals surface area contributed by atoms with Crippen LogP contribution in [0, 0.1) is 0 Å². The van der Waals surface area contributed by atoms with Gasteiger partial charge >= 0.3 is 0 Å². The molecular weight excluding hydrogens is 254 g/mol. The third-order valence-electron chi connectivity index (χ3n) is 4.41. The Morgan fingerprint density at radius 2 is 1.90 bits per heavy atom. The van der Waals surface area contributed by atoms with Crippen molar-refractivity contribution in [3.63, 3.8) is 0 Å². The molecule has 1 saturated heterocycles. The third-order valence-corrected chi connectivity index (χ3v) is 4.41. The number of likely N-dealkylation sites (N-methyl/N-ethyl adjacent to an activating group) is 2. The molecule has 5 heteroatoms. The van der Waals surface area contributed by atoms with E-state index in [2.05, 4.69) is 23.8 Å². The number of Topliss-reactive ketones (excluding diaryl/α,β-unsaturated/α-hetero) is 1. The minimum atomic E-state index is -0.441. The Balaban J connectivity index is 1.91. The monoisotopic (exact) mass is 273 g/mol. The maximum atomic E-state index is 11.8. The first kappa shape index (κ1) is 13.1. The summed E-state index contributed by atoms with van der Waals surface area (Å²) in [6.07, 6.45) is 0. The zero-order valence-electron chi connectivity index (χ0n) is 12.1. The summed E-state index contributed by atoms with van der Waals surface area (Å²) in [5.41, 5.74) is 2.32. The van der Waals surface area contributed by atoms with Crippen molar-refractivity contribution in [3.8, 4) is 0 Å². The zero-order valence-corrected chi connectivity index (χ0v) is 12.1. The number of anilines is 2. The summed E-state index contributed by atoms with van der Waals surface area (Å²) >= 11 is 0. The standard InChI is InChI=1S/C15H19N3O2/c1-10-9-18(7-6-16(10)2)11-4-5-12-13(8-11)17(3)15(20)14(12)19/h4-5,8,10H,6-7,9H2,1-3H3. The van der Waals surface area contributed by atoms with Gasteiger partial charge in [0.1, 0.15) is 0 Å². The van der Waals surface area contributed by atoms with Crippen LogP contribution in [0.25, 0.3) is 0 Å². The van der Waals surface area contributed by atoms with Crippen LogP contribution in [0.5, 0.6) is 0 Å². The second kappa shape index (κ2) is 4.59. The summed E-state index contributed by atoms with van der Waals surface area (Å²) in [7, 11) is 3.79. The normalized spacial score (nSPS) is 23.4. The number of amides is 1. The van der Waals surface area contributed by atoms with Crippen molar-refractivity contribution in [2.24, 2.45) is 0 Å². The van der Waals surface area contributed by atoms with E-state index in [1.165, 1.54) is 4.90 Å². The fourth-order valence-corrected chi connectivity index (χ4v) is 2.85. The maximum absolute atomic E-state index is 11.8. The second-order valence-corrected chi connectivity index (χ2v) is 5.67. The molecule has 2 aliphatic rings.